The van der Waals surface area contributed by atoms with Gasteiger partial charge in [-0.05, 0) is 37.5 Å². The van der Waals surface area contributed by atoms with Crippen LogP contribution in [0.1, 0.15) is 41.5 Å². The summed E-state index contributed by atoms with van der Waals surface area (Å²) in [4.78, 5) is 22.3. The Kier molecular flexibility index (Phi) is 4.58. The number of H-pyrrole nitrogens is 1. The normalized spacial score (nSPS) is 23.1. The number of nitrogens with zero attached hydrogens (tertiary/aromatic N) is 3. The molecule has 1 saturated carbocycles. The molecule has 0 bridgehead atoms. The van der Waals surface area contributed by atoms with Gasteiger partial charge in [0.25, 0.3) is 5.91 Å². The number of imidazole rings is 2. The van der Waals surface area contributed by atoms with Gasteiger partial charge in [0, 0.05) is 18.0 Å². The van der Waals surface area contributed by atoms with Gasteiger partial charge in [-0.3, -0.25) is 4.79 Å². The van der Waals surface area contributed by atoms with Crippen LogP contribution in [0, 0.1) is 0 Å². The zero-order chi connectivity index (χ0) is 19.9. The summed E-state index contributed by atoms with van der Waals surface area (Å²) in [5, 5.41) is 13.5. The first-order valence-electron chi connectivity index (χ1n) is 8.86. The number of carbonyl (C=O) groups is 1. The molecule has 2 aromatic heterocycles. The zero-order valence-electron chi connectivity index (χ0n) is 14.6. The highest BCUT2D eigenvalue weighted by atomic mass is 19.4. The number of aromatic nitrogens is 4. The quantitative estimate of drug-likeness (QED) is 0.638. The number of carbonyl (C=O) groups excluding carboxylic acids is 1. The maximum atomic E-state index is 12.8. The van der Waals surface area contributed by atoms with Crippen LogP contribution in [0.4, 0.5) is 13.2 Å². The lowest BCUT2D eigenvalue weighted by Gasteiger charge is -2.35. The number of rotatable bonds is 3. The van der Waals surface area contributed by atoms with Gasteiger partial charge in [0.2, 0.25) is 5.82 Å². The largest absolute Gasteiger partial charge is 0.449 e. The van der Waals surface area contributed by atoms with E-state index in [9.17, 15) is 23.1 Å². The summed E-state index contributed by atoms with van der Waals surface area (Å²) >= 11 is 0. The molecule has 28 heavy (non-hydrogen) atoms. The molecule has 1 aromatic carbocycles. The number of hydrogen-bond acceptors (Lipinski definition) is 4. The number of nitrogens with one attached hydrogen (secondary N) is 2. The molecule has 1 aliphatic rings. The minimum absolute atomic E-state index is 0.125. The minimum atomic E-state index is -4.59. The van der Waals surface area contributed by atoms with Crippen molar-refractivity contribution in [1.29, 1.82) is 0 Å². The van der Waals surface area contributed by atoms with Crippen molar-refractivity contribution in [1.82, 2.24) is 24.8 Å². The topological polar surface area (TPSA) is 95.8 Å². The molecule has 7 nitrogen and oxygen atoms in total. The highest BCUT2D eigenvalue weighted by molar-refractivity contribution is 5.97. The van der Waals surface area contributed by atoms with Crippen molar-refractivity contribution in [3.63, 3.8) is 0 Å². The van der Waals surface area contributed by atoms with E-state index in [1.165, 1.54) is 18.2 Å². The number of aromatic amines is 1. The number of alkyl halides is 3. The van der Waals surface area contributed by atoms with Crippen LogP contribution in [0.25, 0.3) is 11.0 Å². The average molecular weight is 393 g/mol. The molecule has 0 spiro atoms. The van der Waals surface area contributed by atoms with Crippen LogP contribution in [0.2, 0.25) is 0 Å². The van der Waals surface area contributed by atoms with Crippen molar-refractivity contribution in [3.05, 3.63) is 48.3 Å². The first-order valence-corrected chi connectivity index (χ1v) is 8.86. The lowest BCUT2D eigenvalue weighted by atomic mass is 9.87. The van der Waals surface area contributed by atoms with Crippen LogP contribution in [-0.4, -0.2) is 42.7 Å². The zero-order valence-corrected chi connectivity index (χ0v) is 14.6. The summed E-state index contributed by atoms with van der Waals surface area (Å²) in [6.45, 7) is 0. The summed E-state index contributed by atoms with van der Waals surface area (Å²) in [5.74, 6) is -1.56. The number of fused-ring (bicyclic) bond motifs is 1. The molecule has 148 valence electrons. The fourth-order valence-corrected chi connectivity index (χ4v) is 3.64. The number of benzene rings is 1. The average Bonchev–Trinajstić information content (AvgIpc) is 3.32. The monoisotopic (exact) mass is 393 g/mol. The summed E-state index contributed by atoms with van der Waals surface area (Å²) in [7, 11) is 0. The van der Waals surface area contributed by atoms with Gasteiger partial charge in [-0.1, -0.05) is 0 Å². The second-order valence-electron chi connectivity index (χ2n) is 6.89. The van der Waals surface area contributed by atoms with Gasteiger partial charge in [-0.25, -0.2) is 9.97 Å². The highest BCUT2D eigenvalue weighted by Crippen LogP contribution is 2.30. The molecular weight excluding hydrogens is 375 g/mol. The molecule has 0 radical (unpaired) electrons. The third kappa shape index (κ3) is 3.47. The van der Waals surface area contributed by atoms with E-state index in [4.69, 9.17) is 0 Å². The lowest BCUT2D eigenvalue weighted by molar-refractivity contribution is -0.144. The Balaban J connectivity index is 1.51. The van der Waals surface area contributed by atoms with E-state index in [0.29, 0.717) is 6.42 Å². The SMILES string of the molecule is O=C(N[C@@H]1CCC[C@@H](n2ccnc2)[C@@H]1O)c1ccc2nc(C(F)(F)F)[nH]c2c1. The third-order valence-electron chi connectivity index (χ3n) is 5.06. The molecule has 3 aromatic rings. The molecule has 4 rings (SSSR count). The fraction of sp³-hybridized carbons (Fsp3) is 0.389. The second-order valence-corrected chi connectivity index (χ2v) is 6.89. The highest BCUT2D eigenvalue weighted by Gasteiger charge is 2.35. The Hall–Kier alpha value is -2.88. The summed E-state index contributed by atoms with van der Waals surface area (Å²) in [6.07, 6.45) is 1.84. The number of aliphatic hydroxyl groups excluding tert-OH is 1. The number of halogens is 3. The van der Waals surface area contributed by atoms with Gasteiger partial charge in [0.05, 0.1) is 35.5 Å². The van der Waals surface area contributed by atoms with Crippen molar-refractivity contribution in [2.24, 2.45) is 0 Å². The predicted molar refractivity (Wildman–Crippen MR) is 93.5 cm³/mol. The molecule has 2 heterocycles. The number of amides is 1. The molecule has 0 aliphatic heterocycles. The molecule has 1 aliphatic carbocycles. The number of aliphatic hydroxyl groups is 1. The Morgan fingerprint density at radius 2 is 2.14 bits per heavy atom. The standard InChI is InChI=1S/C18H18F3N5O2/c19-18(20,21)17-24-11-5-4-10(8-13(11)25-17)16(28)23-12-2-1-3-14(15(12)27)26-7-6-22-9-26/h4-9,12,14-15,27H,1-3H2,(H,23,28)(H,24,25)/t12-,14-,15-/m1/s1. The Labute approximate surface area is 157 Å². The van der Waals surface area contributed by atoms with Crippen molar-refractivity contribution >= 4 is 16.9 Å². The van der Waals surface area contributed by atoms with Crippen LogP contribution in [0.5, 0.6) is 0 Å². The molecular formula is C18H18F3N5O2. The molecule has 1 amide bonds. The van der Waals surface area contributed by atoms with Gasteiger partial charge >= 0.3 is 6.18 Å². The molecule has 10 heteroatoms. The molecule has 0 unspecified atom stereocenters. The van der Waals surface area contributed by atoms with Crippen molar-refractivity contribution in [2.75, 3.05) is 0 Å². The van der Waals surface area contributed by atoms with Gasteiger partial charge < -0.3 is 20.0 Å². The third-order valence-corrected chi connectivity index (χ3v) is 5.06. The van der Waals surface area contributed by atoms with E-state index in [-0.39, 0.29) is 22.6 Å². The summed E-state index contributed by atoms with van der Waals surface area (Å²) in [6, 6.07) is 3.46. The van der Waals surface area contributed by atoms with Crippen LogP contribution < -0.4 is 5.32 Å². The van der Waals surface area contributed by atoms with E-state index < -0.39 is 30.1 Å². The molecule has 1 fully saturated rings. The van der Waals surface area contributed by atoms with E-state index in [2.05, 4.69) is 20.3 Å². The van der Waals surface area contributed by atoms with Gasteiger partial charge in [0.15, 0.2) is 0 Å². The van der Waals surface area contributed by atoms with Gasteiger partial charge in [0.1, 0.15) is 0 Å². The molecule has 3 N–H and O–H groups in total. The molecule has 0 saturated heterocycles. The van der Waals surface area contributed by atoms with Crippen molar-refractivity contribution < 1.29 is 23.1 Å². The van der Waals surface area contributed by atoms with Crippen molar-refractivity contribution in [3.8, 4) is 0 Å². The maximum absolute atomic E-state index is 12.8. The van der Waals surface area contributed by atoms with Crippen LogP contribution >= 0.6 is 0 Å². The van der Waals surface area contributed by atoms with Crippen LogP contribution in [-0.2, 0) is 6.18 Å². The van der Waals surface area contributed by atoms with Gasteiger partial charge in [-0.15, -0.1) is 0 Å². The Morgan fingerprint density at radius 1 is 1.32 bits per heavy atom. The maximum Gasteiger partial charge on any atom is 0.449 e. The van der Waals surface area contributed by atoms with Crippen LogP contribution in [0.3, 0.4) is 0 Å². The summed E-state index contributed by atoms with van der Waals surface area (Å²) in [5.41, 5.74) is 0.448. The Bertz CT molecular complexity index is 983. The Morgan fingerprint density at radius 3 is 2.86 bits per heavy atom. The van der Waals surface area contributed by atoms with E-state index in [1.54, 1.807) is 18.7 Å². The predicted octanol–water partition coefficient (Wildman–Crippen LogP) is 2.66. The van der Waals surface area contributed by atoms with Crippen LogP contribution in [0.15, 0.2) is 36.9 Å². The first kappa shape index (κ1) is 18.5. The lowest BCUT2D eigenvalue weighted by Crippen LogP contribution is -2.49. The summed E-state index contributed by atoms with van der Waals surface area (Å²) < 4.78 is 40.2. The smallest absolute Gasteiger partial charge is 0.389 e. The minimum Gasteiger partial charge on any atom is -0.389 e. The number of hydrogen-bond donors (Lipinski definition) is 3. The second kappa shape index (κ2) is 6.93. The first-order chi connectivity index (χ1) is 13.3. The van der Waals surface area contributed by atoms with E-state index >= 15 is 0 Å². The van der Waals surface area contributed by atoms with E-state index in [1.807, 2.05) is 4.57 Å². The van der Waals surface area contributed by atoms with Gasteiger partial charge in [-0.2, -0.15) is 13.2 Å². The molecule has 3 atom stereocenters. The fourth-order valence-electron chi connectivity index (χ4n) is 3.64. The van der Waals surface area contributed by atoms with E-state index in [0.717, 1.165) is 12.8 Å². The van der Waals surface area contributed by atoms with Crippen molar-refractivity contribution in [2.45, 2.75) is 43.6 Å².